The van der Waals surface area contributed by atoms with E-state index in [0.717, 1.165) is 12.8 Å². The SMILES string of the molecule is FC(F)(F)C(F)(F)C(F)(F)C(F)(F)CCCCCCCCOC1CCCO1. The maximum absolute atomic E-state index is 13.3. The van der Waals surface area contributed by atoms with Crippen molar-refractivity contribution in [2.75, 3.05) is 13.2 Å². The van der Waals surface area contributed by atoms with E-state index in [1.807, 2.05) is 0 Å². The van der Waals surface area contributed by atoms with Crippen LogP contribution in [0.15, 0.2) is 0 Å². The van der Waals surface area contributed by atoms with Crippen molar-refractivity contribution in [2.24, 2.45) is 0 Å². The van der Waals surface area contributed by atoms with E-state index in [1.54, 1.807) is 0 Å². The summed E-state index contributed by atoms with van der Waals surface area (Å²) in [5.41, 5.74) is 0. The number of halogens is 9. The van der Waals surface area contributed by atoms with Gasteiger partial charge in [0.15, 0.2) is 6.29 Å². The Bertz CT molecular complexity index is 432. The summed E-state index contributed by atoms with van der Waals surface area (Å²) < 4.78 is 125. The van der Waals surface area contributed by atoms with Crippen molar-refractivity contribution in [1.29, 1.82) is 0 Å². The molecule has 0 spiro atoms. The second-order valence-electron chi connectivity index (χ2n) is 6.54. The van der Waals surface area contributed by atoms with Crippen LogP contribution in [0.2, 0.25) is 0 Å². The molecular formula is C16H23F9O2. The van der Waals surface area contributed by atoms with Crippen LogP contribution in [0.1, 0.15) is 57.8 Å². The highest BCUT2D eigenvalue weighted by atomic mass is 19.4. The summed E-state index contributed by atoms with van der Waals surface area (Å²) in [6.45, 7) is 1.12. The van der Waals surface area contributed by atoms with Crippen molar-refractivity contribution in [1.82, 2.24) is 0 Å². The van der Waals surface area contributed by atoms with Crippen LogP contribution in [-0.2, 0) is 9.47 Å². The quantitative estimate of drug-likeness (QED) is 0.272. The molecule has 0 aromatic carbocycles. The molecular weight excluding hydrogens is 395 g/mol. The number of ether oxygens (including phenoxy) is 2. The summed E-state index contributed by atoms with van der Waals surface area (Å²) in [6, 6.07) is 0. The monoisotopic (exact) mass is 418 g/mol. The Morgan fingerprint density at radius 1 is 0.741 bits per heavy atom. The first kappa shape index (κ1) is 24.3. The largest absolute Gasteiger partial charge is 0.460 e. The van der Waals surface area contributed by atoms with Gasteiger partial charge in [0.1, 0.15) is 0 Å². The predicted octanol–water partition coefficient (Wildman–Crippen LogP) is 6.34. The normalized spacial score (nSPS) is 19.7. The third kappa shape index (κ3) is 6.40. The smallest absolute Gasteiger partial charge is 0.353 e. The minimum atomic E-state index is -6.80. The first-order valence-corrected chi connectivity index (χ1v) is 8.76. The zero-order valence-electron chi connectivity index (χ0n) is 14.6. The second-order valence-corrected chi connectivity index (χ2v) is 6.54. The molecule has 1 saturated heterocycles. The molecule has 0 aromatic rings. The molecule has 162 valence electrons. The van der Waals surface area contributed by atoms with E-state index in [-0.39, 0.29) is 12.7 Å². The van der Waals surface area contributed by atoms with E-state index < -0.39 is 36.8 Å². The van der Waals surface area contributed by atoms with Gasteiger partial charge in [0.05, 0.1) is 0 Å². The molecule has 1 aliphatic heterocycles. The van der Waals surface area contributed by atoms with Crippen LogP contribution < -0.4 is 0 Å². The lowest BCUT2D eigenvalue weighted by molar-refractivity contribution is -0.396. The first-order valence-electron chi connectivity index (χ1n) is 8.76. The fourth-order valence-electron chi connectivity index (χ4n) is 2.62. The highest BCUT2D eigenvalue weighted by Crippen LogP contribution is 2.54. The lowest BCUT2D eigenvalue weighted by Gasteiger charge is -2.33. The average molecular weight is 418 g/mol. The second kappa shape index (κ2) is 9.67. The van der Waals surface area contributed by atoms with Gasteiger partial charge in [-0.1, -0.05) is 25.7 Å². The number of unbranched alkanes of at least 4 members (excludes halogenated alkanes) is 5. The van der Waals surface area contributed by atoms with Gasteiger partial charge in [-0.25, -0.2) is 0 Å². The van der Waals surface area contributed by atoms with Crippen LogP contribution in [0.25, 0.3) is 0 Å². The van der Waals surface area contributed by atoms with Gasteiger partial charge in [-0.2, -0.15) is 39.5 Å². The molecule has 0 amide bonds. The van der Waals surface area contributed by atoms with Crippen LogP contribution in [0.5, 0.6) is 0 Å². The standard InChI is InChI=1S/C16H23F9O2/c17-13(18,14(19,20)15(21,22)16(23,24)25)9-5-3-1-2-4-6-10-26-12-8-7-11-27-12/h12H,1-11H2. The Labute approximate surface area is 151 Å². The van der Waals surface area contributed by atoms with Gasteiger partial charge in [0, 0.05) is 26.1 Å². The molecule has 27 heavy (non-hydrogen) atoms. The van der Waals surface area contributed by atoms with E-state index in [0.29, 0.717) is 38.9 Å². The zero-order valence-corrected chi connectivity index (χ0v) is 14.6. The van der Waals surface area contributed by atoms with Crippen LogP contribution in [0.3, 0.4) is 0 Å². The Hall–Kier alpha value is -0.710. The van der Waals surface area contributed by atoms with E-state index in [4.69, 9.17) is 9.47 Å². The van der Waals surface area contributed by atoms with Crippen molar-refractivity contribution in [3.05, 3.63) is 0 Å². The van der Waals surface area contributed by atoms with Crippen LogP contribution in [-0.4, -0.2) is 43.4 Å². The van der Waals surface area contributed by atoms with E-state index in [2.05, 4.69) is 0 Å². The van der Waals surface area contributed by atoms with Gasteiger partial charge in [-0.05, 0) is 19.3 Å². The van der Waals surface area contributed by atoms with Crippen molar-refractivity contribution < 1.29 is 49.0 Å². The Balaban J connectivity index is 2.21. The number of hydrogen-bond donors (Lipinski definition) is 0. The highest BCUT2D eigenvalue weighted by Gasteiger charge is 2.81. The number of hydrogen-bond acceptors (Lipinski definition) is 2. The van der Waals surface area contributed by atoms with Crippen LogP contribution in [0, 0.1) is 0 Å². The minimum absolute atomic E-state index is 0.0237. The average Bonchev–Trinajstić information content (AvgIpc) is 3.05. The first-order chi connectivity index (χ1) is 12.3. The fraction of sp³-hybridized carbons (Fsp3) is 1.00. The molecule has 2 nitrogen and oxygen atoms in total. The minimum Gasteiger partial charge on any atom is -0.353 e. The summed E-state index contributed by atoms with van der Waals surface area (Å²) in [4.78, 5) is 0. The summed E-state index contributed by atoms with van der Waals surface area (Å²) >= 11 is 0. The summed E-state index contributed by atoms with van der Waals surface area (Å²) in [6.07, 6.45) is -5.18. The van der Waals surface area contributed by atoms with Crippen molar-refractivity contribution in [2.45, 2.75) is 88.0 Å². The molecule has 1 aliphatic rings. The van der Waals surface area contributed by atoms with E-state index >= 15 is 0 Å². The molecule has 1 unspecified atom stereocenters. The van der Waals surface area contributed by atoms with Gasteiger partial charge in [-0.3, -0.25) is 0 Å². The fourth-order valence-corrected chi connectivity index (χ4v) is 2.62. The molecule has 0 N–H and O–H groups in total. The van der Waals surface area contributed by atoms with Gasteiger partial charge in [-0.15, -0.1) is 0 Å². The molecule has 1 fully saturated rings. The van der Waals surface area contributed by atoms with Gasteiger partial charge < -0.3 is 9.47 Å². The molecule has 1 rings (SSSR count). The molecule has 1 atom stereocenters. The molecule has 0 aromatic heterocycles. The molecule has 1 heterocycles. The Kier molecular flexibility index (Phi) is 8.71. The summed E-state index contributed by atoms with van der Waals surface area (Å²) in [7, 11) is 0. The van der Waals surface area contributed by atoms with Crippen molar-refractivity contribution in [3.8, 4) is 0 Å². The molecule has 0 radical (unpaired) electrons. The summed E-state index contributed by atoms with van der Waals surface area (Å²) in [5, 5.41) is 0. The predicted molar refractivity (Wildman–Crippen MR) is 78.1 cm³/mol. The molecule has 0 aliphatic carbocycles. The molecule has 0 saturated carbocycles. The van der Waals surface area contributed by atoms with Gasteiger partial charge in [0.25, 0.3) is 0 Å². The molecule has 11 heteroatoms. The van der Waals surface area contributed by atoms with Gasteiger partial charge >= 0.3 is 23.9 Å². The van der Waals surface area contributed by atoms with Crippen LogP contribution in [0.4, 0.5) is 39.5 Å². The van der Waals surface area contributed by atoms with E-state index in [1.165, 1.54) is 0 Å². The highest BCUT2D eigenvalue weighted by molar-refractivity contribution is 5.00. The summed E-state index contributed by atoms with van der Waals surface area (Å²) in [5.74, 6) is -18.8. The van der Waals surface area contributed by atoms with Gasteiger partial charge in [0.2, 0.25) is 0 Å². The van der Waals surface area contributed by atoms with Crippen molar-refractivity contribution >= 4 is 0 Å². The Morgan fingerprint density at radius 3 is 1.81 bits per heavy atom. The maximum atomic E-state index is 13.3. The Morgan fingerprint density at radius 2 is 1.30 bits per heavy atom. The van der Waals surface area contributed by atoms with Crippen LogP contribution >= 0.6 is 0 Å². The van der Waals surface area contributed by atoms with E-state index in [9.17, 15) is 39.5 Å². The zero-order chi connectivity index (χ0) is 20.8. The van der Waals surface area contributed by atoms with Crippen molar-refractivity contribution in [3.63, 3.8) is 0 Å². The third-order valence-corrected chi connectivity index (χ3v) is 4.29. The maximum Gasteiger partial charge on any atom is 0.460 e. The lowest BCUT2D eigenvalue weighted by Crippen LogP contribution is -2.60. The topological polar surface area (TPSA) is 18.5 Å². The number of rotatable bonds is 12. The number of alkyl halides is 9. The lowest BCUT2D eigenvalue weighted by atomic mass is 9.98. The third-order valence-electron chi connectivity index (χ3n) is 4.29. The molecule has 0 bridgehead atoms.